The van der Waals surface area contributed by atoms with Gasteiger partial charge in [-0.1, -0.05) is 17.7 Å². The first-order valence-electron chi connectivity index (χ1n) is 9.77. The molecule has 4 heterocycles. The minimum absolute atomic E-state index is 0.0183. The van der Waals surface area contributed by atoms with Crippen molar-refractivity contribution in [2.24, 2.45) is 0 Å². The van der Waals surface area contributed by atoms with Gasteiger partial charge in [-0.3, -0.25) is 4.98 Å². The molecule has 0 saturated carbocycles. The standard InChI is InChI=1S/C21H21ClN4O3/c22-16-11-14(1-2-19(16)26-6-9-27-10-7-26)17-12-18-20(24-5-4-23-18)21(25-17)29-15-3-8-28-13-15/h1-2,4-5,11-12,15H,3,6-10,13H2/t15-/m1/s1. The van der Waals surface area contributed by atoms with Crippen LogP contribution in [0.3, 0.4) is 0 Å². The Balaban J connectivity index is 1.51. The van der Waals surface area contributed by atoms with E-state index in [1.165, 1.54) is 0 Å². The van der Waals surface area contributed by atoms with Gasteiger partial charge in [0.05, 0.1) is 48.3 Å². The molecule has 1 atom stereocenters. The highest BCUT2D eigenvalue weighted by Gasteiger charge is 2.21. The molecule has 2 aromatic heterocycles. The van der Waals surface area contributed by atoms with E-state index < -0.39 is 0 Å². The van der Waals surface area contributed by atoms with Gasteiger partial charge in [0.25, 0.3) is 0 Å². The first-order valence-corrected chi connectivity index (χ1v) is 10.1. The number of pyridine rings is 1. The maximum Gasteiger partial charge on any atom is 0.243 e. The number of anilines is 1. The summed E-state index contributed by atoms with van der Waals surface area (Å²) in [6.07, 6.45) is 4.14. The van der Waals surface area contributed by atoms with Gasteiger partial charge in [0.1, 0.15) is 6.10 Å². The lowest BCUT2D eigenvalue weighted by Crippen LogP contribution is -2.36. The van der Waals surface area contributed by atoms with Crippen molar-refractivity contribution in [1.82, 2.24) is 15.0 Å². The fraction of sp³-hybridized carbons (Fsp3) is 0.381. The van der Waals surface area contributed by atoms with E-state index in [9.17, 15) is 0 Å². The molecule has 0 N–H and O–H groups in total. The highest BCUT2D eigenvalue weighted by Crippen LogP contribution is 2.33. The molecule has 2 aliphatic rings. The summed E-state index contributed by atoms with van der Waals surface area (Å²) in [5.41, 5.74) is 4.06. The molecule has 0 aliphatic carbocycles. The third-order valence-corrected chi connectivity index (χ3v) is 5.49. The van der Waals surface area contributed by atoms with Crippen LogP contribution in [-0.2, 0) is 9.47 Å². The number of hydrogen-bond acceptors (Lipinski definition) is 7. The van der Waals surface area contributed by atoms with Crippen LogP contribution in [0.15, 0.2) is 36.7 Å². The van der Waals surface area contributed by atoms with Gasteiger partial charge in [-0.25, -0.2) is 9.97 Å². The zero-order valence-corrected chi connectivity index (χ0v) is 16.6. The number of benzene rings is 1. The van der Waals surface area contributed by atoms with Crippen molar-refractivity contribution >= 4 is 28.3 Å². The topological polar surface area (TPSA) is 69.6 Å². The molecule has 0 spiro atoms. The van der Waals surface area contributed by atoms with E-state index in [0.29, 0.717) is 42.8 Å². The van der Waals surface area contributed by atoms with Crippen LogP contribution in [0, 0.1) is 0 Å². The van der Waals surface area contributed by atoms with Crippen LogP contribution in [0.5, 0.6) is 5.88 Å². The zero-order valence-electron chi connectivity index (χ0n) is 15.9. The van der Waals surface area contributed by atoms with Gasteiger partial charge in [-0.2, -0.15) is 0 Å². The molecule has 3 aromatic rings. The van der Waals surface area contributed by atoms with Gasteiger partial charge < -0.3 is 19.1 Å². The third kappa shape index (κ3) is 3.85. The third-order valence-electron chi connectivity index (χ3n) is 5.19. The Hall–Kier alpha value is -2.48. The molecular weight excluding hydrogens is 392 g/mol. The first kappa shape index (κ1) is 18.5. The molecule has 2 saturated heterocycles. The van der Waals surface area contributed by atoms with Gasteiger partial charge in [0.2, 0.25) is 5.88 Å². The summed E-state index contributed by atoms with van der Waals surface area (Å²) >= 11 is 6.62. The lowest BCUT2D eigenvalue weighted by atomic mass is 10.1. The minimum atomic E-state index is -0.0183. The van der Waals surface area contributed by atoms with Gasteiger partial charge in [-0.05, 0) is 18.2 Å². The first-order chi connectivity index (χ1) is 14.3. The molecule has 0 bridgehead atoms. The van der Waals surface area contributed by atoms with Crippen molar-refractivity contribution in [1.29, 1.82) is 0 Å². The molecule has 0 unspecified atom stereocenters. The molecule has 2 fully saturated rings. The summed E-state index contributed by atoms with van der Waals surface area (Å²) in [7, 11) is 0. The number of morpholine rings is 1. The average molecular weight is 413 g/mol. The molecular formula is C21H21ClN4O3. The van der Waals surface area contributed by atoms with Crippen molar-refractivity contribution < 1.29 is 14.2 Å². The van der Waals surface area contributed by atoms with E-state index in [2.05, 4.69) is 14.9 Å². The Kier molecular flexibility index (Phi) is 5.18. The van der Waals surface area contributed by atoms with E-state index in [1.807, 2.05) is 24.3 Å². The molecule has 7 nitrogen and oxygen atoms in total. The summed E-state index contributed by atoms with van der Waals surface area (Å²) in [6, 6.07) is 7.93. The molecule has 5 rings (SSSR count). The Bertz CT molecular complexity index is 1020. The van der Waals surface area contributed by atoms with E-state index in [-0.39, 0.29) is 6.10 Å². The lowest BCUT2D eigenvalue weighted by Gasteiger charge is -2.29. The second-order valence-electron chi connectivity index (χ2n) is 7.11. The van der Waals surface area contributed by atoms with Crippen LogP contribution < -0.4 is 9.64 Å². The number of fused-ring (bicyclic) bond motifs is 1. The monoisotopic (exact) mass is 412 g/mol. The van der Waals surface area contributed by atoms with E-state index in [0.717, 1.165) is 42.0 Å². The molecule has 29 heavy (non-hydrogen) atoms. The Morgan fingerprint density at radius 3 is 2.69 bits per heavy atom. The van der Waals surface area contributed by atoms with Crippen molar-refractivity contribution in [3.63, 3.8) is 0 Å². The Morgan fingerprint density at radius 1 is 1.03 bits per heavy atom. The van der Waals surface area contributed by atoms with Gasteiger partial charge in [0.15, 0.2) is 5.52 Å². The summed E-state index contributed by atoms with van der Waals surface area (Å²) in [4.78, 5) is 15.8. The average Bonchev–Trinajstić information content (AvgIpc) is 3.27. The van der Waals surface area contributed by atoms with Crippen molar-refractivity contribution in [2.45, 2.75) is 12.5 Å². The number of hydrogen-bond donors (Lipinski definition) is 0. The largest absolute Gasteiger partial charge is 0.470 e. The van der Waals surface area contributed by atoms with Crippen LogP contribution in [-0.4, -0.2) is 60.6 Å². The van der Waals surface area contributed by atoms with Crippen LogP contribution in [0.2, 0.25) is 5.02 Å². The summed E-state index contributed by atoms with van der Waals surface area (Å²) in [5.74, 6) is 0.481. The van der Waals surface area contributed by atoms with Crippen molar-refractivity contribution in [3.8, 4) is 17.1 Å². The molecule has 150 valence electrons. The number of ether oxygens (including phenoxy) is 3. The lowest BCUT2D eigenvalue weighted by molar-refractivity contribution is 0.122. The van der Waals surface area contributed by atoms with Crippen LogP contribution in [0.4, 0.5) is 5.69 Å². The minimum Gasteiger partial charge on any atom is -0.470 e. The Morgan fingerprint density at radius 2 is 1.90 bits per heavy atom. The summed E-state index contributed by atoms with van der Waals surface area (Å²) in [5, 5.41) is 0.692. The van der Waals surface area contributed by atoms with Gasteiger partial charge in [0, 0.05) is 37.5 Å². The normalized spacial score (nSPS) is 19.6. The van der Waals surface area contributed by atoms with Crippen LogP contribution in [0.1, 0.15) is 6.42 Å². The van der Waals surface area contributed by atoms with E-state index >= 15 is 0 Å². The van der Waals surface area contributed by atoms with E-state index in [4.69, 9.17) is 30.8 Å². The fourth-order valence-corrected chi connectivity index (χ4v) is 3.96. The summed E-state index contributed by atoms with van der Waals surface area (Å²) in [6.45, 7) is 4.37. The molecule has 0 radical (unpaired) electrons. The molecule has 0 amide bonds. The number of aromatic nitrogens is 3. The maximum absolute atomic E-state index is 6.62. The summed E-state index contributed by atoms with van der Waals surface area (Å²) < 4.78 is 17.0. The quantitative estimate of drug-likeness (QED) is 0.650. The highest BCUT2D eigenvalue weighted by molar-refractivity contribution is 6.33. The Labute approximate surface area is 173 Å². The SMILES string of the molecule is Clc1cc(-c2cc3nccnc3c(O[C@@H]3CCOC3)n2)ccc1N1CCOCC1. The fourth-order valence-electron chi connectivity index (χ4n) is 3.66. The highest BCUT2D eigenvalue weighted by atomic mass is 35.5. The smallest absolute Gasteiger partial charge is 0.243 e. The van der Waals surface area contributed by atoms with Crippen LogP contribution in [0.25, 0.3) is 22.3 Å². The van der Waals surface area contributed by atoms with Gasteiger partial charge in [-0.15, -0.1) is 0 Å². The van der Waals surface area contributed by atoms with Gasteiger partial charge >= 0.3 is 0 Å². The second-order valence-corrected chi connectivity index (χ2v) is 7.51. The van der Waals surface area contributed by atoms with Crippen molar-refractivity contribution in [2.75, 3.05) is 44.4 Å². The number of nitrogens with zero attached hydrogens (tertiary/aromatic N) is 4. The predicted molar refractivity (Wildman–Crippen MR) is 111 cm³/mol. The van der Waals surface area contributed by atoms with Crippen molar-refractivity contribution in [3.05, 3.63) is 41.7 Å². The second kappa shape index (κ2) is 8.10. The van der Waals surface area contributed by atoms with E-state index in [1.54, 1.807) is 12.4 Å². The molecule has 2 aliphatic heterocycles. The van der Waals surface area contributed by atoms with Crippen LogP contribution >= 0.6 is 11.6 Å². The number of rotatable bonds is 4. The zero-order chi connectivity index (χ0) is 19.6. The molecule has 1 aromatic carbocycles. The predicted octanol–water partition coefficient (Wildman–Crippen LogP) is 3.35. The number of halogens is 1. The molecule has 8 heteroatoms. The maximum atomic E-state index is 6.62.